The Labute approximate surface area is 247 Å². The molecule has 7 heteroatoms. The summed E-state index contributed by atoms with van der Waals surface area (Å²) in [6.45, 7) is 1.54. The van der Waals surface area contributed by atoms with Gasteiger partial charge in [-0.25, -0.2) is 0 Å². The van der Waals surface area contributed by atoms with Crippen LogP contribution in [0.1, 0.15) is 22.3 Å². The Balaban J connectivity index is 1.36. The van der Waals surface area contributed by atoms with Crippen molar-refractivity contribution in [1.82, 2.24) is 0 Å². The van der Waals surface area contributed by atoms with Crippen molar-refractivity contribution in [1.29, 1.82) is 0 Å². The predicted octanol–water partition coefficient (Wildman–Crippen LogP) is 5.69. The van der Waals surface area contributed by atoms with Crippen LogP contribution in [0.3, 0.4) is 0 Å². The van der Waals surface area contributed by atoms with E-state index in [1.807, 2.05) is 115 Å². The lowest BCUT2D eigenvalue weighted by Crippen LogP contribution is -2.61. The van der Waals surface area contributed by atoms with Crippen molar-refractivity contribution in [2.75, 3.05) is 13.7 Å². The first-order valence-corrected chi connectivity index (χ1v) is 14.2. The fourth-order valence-corrected chi connectivity index (χ4v) is 4.91. The molecule has 5 rings (SSSR count). The standard InChI is InChI=1S/C35H38O7/c1-37-30-19-17-29(18-20-30)24-41-34-33(40-23-28-15-9-4-10-16-28)32(39-22-27-13-7-3-8-14-27)31(42-35(34)36)25-38-21-26-11-5-2-6-12-26/h2-20,31-36H,21-25H2,1H3/t31-,32-,33+,34-,35?/m1/s1. The zero-order valence-corrected chi connectivity index (χ0v) is 23.8. The number of methoxy groups -OCH3 is 1. The van der Waals surface area contributed by atoms with Gasteiger partial charge in [-0.05, 0) is 34.4 Å². The normalized spacial score (nSPS) is 22.1. The molecule has 0 amide bonds. The second kappa shape index (κ2) is 15.6. The highest BCUT2D eigenvalue weighted by Gasteiger charge is 2.48. The Morgan fingerprint density at radius 3 is 1.52 bits per heavy atom. The largest absolute Gasteiger partial charge is 0.497 e. The van der Waals surface area contributed by atoms with E-state index in [9.17, 15) is 5.11 Å². The molecule has 1 N–H and O–H groups in total. The number of ether oxygens (including phenoxy) is 6. The van der Waals surface area contributed by atoms with Gasteiger partial charge in [-0.2, -0.15) is 0 Å². The van der Waals surface area contributed by atoms with Crippen LogP contribution >= 0.6 is 0 Å². The molecular weight excluding hydrogens is 532 g/mol. The maximum absolute atomic E-state index is 11.2. The lowest BCUT2D eigenvalue weighted by molar-refractivity contribution is -0.317. The van der Waals surface area contributed by atoms with Gasteiger partial charge < -0.3 is 33.5 Å². The Morgan fingerprint density at radius 2 is 1.00 bits per heavy atom. The average molecular weight is 571 g/mol. The number of aliphatic hydroxyl groups excluding tert-OH is 1. The summed E-state index contributed by atoms with van der Waals surface area (Å²) >= 11 is 0. The SMILES string of the molecule is COc1ccc(CO[C@H]2C(O)O[C@H](COCc3ccccc3)[C@@H](OCc3ccccc3)[C@@H]2OCc2ccccc2)cc1. The molecule has 1 saturated heterocycles. The van der Waals surface area contributed by atoms with Crippen molar-refractivity contribution in [2.45, 2.75) is 57.1 Å². The van der Waals surface area contributed by atoms with Gasteiger partial charge in [0.1, 0.15) is 30.2 Å². The monoisotopic (exact) mass is 570 g/mol. The molecule has 0 radical (unpaired) electrons. The Morgan fingerprint density at radius 1 is 0.548 bits per heavy atom. The topological polar surface area (TPSA) is 75.6 Å². The lowest BCUT2D eigenvalue weighted by Gasteiger charge is -2.44. The van der Waals surface area contributed by atoms with Crippen LogP contribution in [0.2, 0.25) is 0 Å². The van der Waals surface area contributed by atoms with Gasteiger partial charge in [-0.1, -0.05) is 103 Å². The minimum absolute atomic E-state index is 0.210. The van der Waals surface area contributed by atoms with Gasteiger partial charge in [0.05, 0.1) is 40.1 Å². The number of benzene rings is 4. The summed E-state index contributed by atoms with van der Waals surface area (Å²) in [5, 5.41) is 11.2. The third-order valence-corrected chi connectivity index (χ3v) is 7.18. The van der Waals surface area contributed by atoms with E-state index in [1.54, 1.807) is 7.11 Å². The molecule has 5 atom stereocenters. The van der Waals surface area contributed by atoms with Crippen LogP contribution in [-0.2, 0) is 50.1 Å². The summed E-state index contributed by atoms with van der Waals surface area (Å²) in [5.74, 6) is 0.761. The van der Waals surface area contributed by atoms with E-state index in [4.69, 9.17) is 28.4 Å². The molecule has 220 valence electrons. The summed E-state index contributed by atoms with van der Waals surface area (Å²) in [7, 11) is 1.63. The molecule has 1 heterocycles. The summed E-state index contributed by atoms with van der Waals surface area (Å²) < 4.78 is 36.8. The van der Waals surface area contributed by atoms with Gasteiger partial charge in [-0.15, -0.1) is 0 Å². The fraction of sp³-hybridized carbons (Fsp3) is 0.314. The van der Waals surface area contributed by atoms with Crippen LogP contribution in [0.25, 0.3) is 0 Å². The van der Waals surface area contributed by atoms with Crippen LogP contribution in [0, 0.1) is 0 Å². The molecule has 0 aromatic heterocycles. The maximum Gasteiger partial charge on any atom is 0.184 e. The summed E-state index contributed by atoms with van der Waals surface area (Å²) in [6, 6.07) is 37.4. The summed E-state index contributed by atoms with van der Waals surface area (Å²) in [6.07, 6.45) is -3.85. The fourth-order valence-electron chi connectivity index (χ4n) is 4.91. The molecule has 0 spiro atoms. The molecule has 0 saturated carbocycles. The Kier molecular flexibility index (Phi) is 11.1. The van der Waals surface area contributed by atoms with Gasteiger partial charge in [0.15, 0.2) is 6.29 Å². The van der Waals surface area contributed by atoms with E-state index in [2.05, 4.69) is 0 Å². The summed E-state index contributed by atoms with van der Waals surface area (Å²) in [5.41, 5.74) is 4.00. The number of hydrogen-bond donors (Lipinski definition) is 1. The first-order chi connectivity index (χ1) is 20.7. The van der Waals surface area contributed by atoms with Gasteiger partial charge in [0.2, 0.25) is 0 Å². The smallest absolute Gasteiger partial charge is 0.184 e. The molecule has 4 aromatic rings. The third kappa shape index (κ3) is 8.49. The minimum Gasteiger partial charge on any atom is -0.497 e. The molecular formula is C35H38O7. The Hall–Kier alpha value is -3.56. The quantitative estimate of drug-likeness (QED) is 0.209. The van der Waals surface area contributed by atoms with Crippen molar-refractivity contribution in [3.05, 3.63) is 138 Å². The lowest BCUT2D eigenvalue weighted by atomic mass is 9.98. The first kappa shape index (κ1) is 29.9. The van der Waals surface area contributed by atoms with E-state index < -0.39 is 30.7 Å². The molecule has 4 aromatic carbocycles. The number of rotatable bonds is 14. The van der Waals surface area contributed by atoms with Crippen molar-refractivity contribution < 1.29 is 33.5 Å². The van der Waals surface area contributed by atoms with Crippen LogP contribution in [0.4, 0.5) is 0 Å². The number of hydrogen-bond acceptors (Lipinski definition) is 7. The van der Waals surface area contributed by atoms with E-state index in [0.29, 0.717) is 19.8 Å². The van der Waals surface area contributed by atoms with Gasteiger partial charge in [0, 0.05) is 0 Å². The highest BCUT2D eigenvalue weighted by molar-refractivity contribution is 5.26. The van der Waals surface area contributed by atoms with Gasteiger partial charge >= 0.3 is 0 Å². The van der Waals surface area contributed by atoms with Crippen LogP contribution in [0.5, 0.6) is 5.75 Å². The zero-order valence-electron chi connectivity index (χ0n) is 23.8. The highest BCUT2D eigenvalue weighted by Crippen LogP contribution is 2.30. The maximum atomic E-state index is 11.2. The average Bonchev–Trinajstić information content (AvgIpc) is 3.04. The second-order valence-electron chi connectivity index (χ2n) is 10.2. The third-order valence-electron chi connectivity index (χ3n) is 7.18. The molecule has 42 heavy (non-hydrogen) atoms. The van der Waals surface area contributed by atoms with E-state index in [-0.39, 0.29) is 13.2 Å². The predicted molar refractivity (Wildman–Crippen MR) is 159 cm³/mol. The highest BCUT2D eigenvalue weighted by atomic mass is 16.7. The molecule has 7 nitrogen and oxygen atoms in total. The summed E-state index contributed by atoms with van der Waals surface area (Å²) in [4.78, 5) is 0. The van der Waals surface area contributed by atoms with Crippen molar-refractivity contribution in [3.8, 4) is 5.75 Å². The molecule has 0 aliphatic carbocycles. The van der Waals surface area contributed by atoms with Gasteiger partial charge in [-0.3, -0.25) is 0 Å². The van der Waals surface area contributed by atoms with Gasteiger partial charge in [0.25, 0.3) is 0 Å². The van der Waals surface area contributed by atoms with Crippen LogP contribution < -0.4 is 4.74 Å². The molecule has 1 fully saturated rings. The van der Waals surface area contributed by atoms with E-state index >= 15 is 0 Å². The number of aliphatic hydroxyl groups is 1. The second-order valence-corrected chi connectivity index (χ2v) is 10.2. The van der Waals surface area contributed by atoms with Crippen molar-refractivity contribution in [3.63, 3.8) is 0 Å². The van der Waals surface area contributed by atoms with E-state index in [1.165, 1.54) is 0 Å². The molecule has 0 bridgehead atoms. The molecule has 1 unspecified atom stereocenters. The zero-order chi connectivity index (χ0) is 29.0. The van der Waals surface area contributed by atoms with Crippen molar-refractivity contribution >= 4 is 0 Å². The first-order valence-electron chi connectivity index (χ1n) is 14.2. The van der Waals surface area contributed by atoms with Crippen LogP contribution in [-0.4, -0.2) is 49.5 Å². The van der Waals surface area contributed by atoms with Crippen molar-refractivity contribution in [2.24, 2.45) is 0 Å². The minimum atomic E-state index is -1.24. The molecule has 1 aliphatic heterocycles. The Bertz CT molecular complexity index is 1300. The molecule has 1 aliphatic rings. The van der Waals surface area contributed by atoms with Crippen LogP contribution in [0.15, 0.2) is 115 Å². The van der Waals surface area contributed by atoms with E-state index in [0.717, 1.165) is 28.0 Å².